The normalized spacial score (nSPS) is 11.9. The summed E-state index contributed by atoms with van der Waals surface area (Å²) in [6.45, 7) is 4.17. The maximum atomic E-state index is 11.2. The molecule has 1 aromatic carbocycles. The van der Waals surface area contributed by atoms with E-state index in [4.69, 9.17) is 5.73 Å². The SMILES string of the molecule is CC(C)(NCc1cccc2cc[nH]c12)C(N)=O. The molecule has 0 aliphatic carbocycles. The Morgan fingerprint density at radius 2 is 2.18 bits per heavy atom. The quantitative estimate of drug-likeness (QED) is 0.746. The summed E-state index contributed by atoms with van der Waals surface area (Å²) in [6, 6.07) is 8.11. The van der Waals surface area contributed by atoms with Crippen molar-refractivity contribution in [2.45, 2.75) is 25.9 Å². The molecule has 1 aromatic heterocycles. The van der Waals surface area contributed by atoms with Gasteiger partial charge in [0, 0.05) is 18.3 Å². The van der Waals surface area contributed by atoms with Gasteiger partial charge in [0.05, 0.1) is 5.54 Å². The van der Waals surface area contributed by atoms with Crippen LogP contribution in [0.2, 0.25) is 0 Å². The summed E-state index contributed by atoms with van der Waals surface area (Å²) in [5.74, 6) is -0.351. The zero-order chi connectivity index (χ0) is 12.5. The zero-order valence-electron chi connectivity index (χ0n) is 10.1. The number of para-hydroxylation sites is 1. The molecule has 0 radical (unpaired) electrons. The summed E-state index contributed by atoms with van der Waals surface area (Å²) in [5.41, 5.74) is 6.84. The molecule has 0 unspecified atom stereocenters. The first-order chi connectivity index (χ1) is 8.00. The second-order valence-corrected chi connectivity index (χ2v) is 4.70. The summed E-state index contributed by atoms with van der Waals surface area (Å²) < 4.78 is 0. The third-order valence-corrected chi connectivity index (χ3v) is 3.01. The average Bonchev–Trinajstić information content (AvgIpc) is 2.74. The Morgan fingerprint density at radius 3 is 2.88 bits per heavy atom. The molecule has 4 N–H and O–H groups in total. The van der Waals surface area contributed by atoms with Gasteiger partial charge in [-0.1, -0.05) is 18.2 Å². The lowest BCUT2D eigenvalue weighted by Gasteiger charge is -2.22. The summed E-state index contributed by atoms with van der Waals surface area (Å²) in [6.07, 6.45) is 1.91. The molecule has 0 fully saturated rings. The first kappa shape index (κ1) is 11.7. The highest BCUT2D eigenvalue weighted by molar-refractivity contribution is 5.84. The lowest BCUT2D eigenvalue weighted by molar-refractivity contribution is -0.123. The van der Waals surface area contributed by atoms with Gasteiger partial charge in [-0.05, 0) is 30.9 Å². The molecule has 2 aromatic rings. The summed E-state index contributed by atoms with van der Waals surface area (Å²) in [5, 5.41) is 4.33. The number of carbonyl (C=O) groups is 1. The maximum absolute atomic E-state index is 11.2. The number of aromatic nitrogens is 1. The highest BCUT2D eigenvalue weighted by Gasteiger charge is 2.23. The van der Waals surface area contributed by atoms with Gasteiger partial charge in [0.2, 0.25) is 5.91 Å². The molecule has 4 nitrogen and oxygen atoms in total. The number of aromatic amines is 1. The van der Waals surface area contributed by atoms with Crippen LogP contribution in [0.5, 0.6) is 0 Å². The number of hydrogen-bond acceptors (Lipinski definition) is 2. The van der Waals surface area contributed by atoms with Crippen molar-refractivity contribution in [2.75, 3.05) is 0 Å². The van der Waals surface area contributed by atoms with Crippen molar-refractivity contribution in [3.8, 4) is 0 Å². The molecule has 0 aliphatic rings. The number of nitrogens with two attached hydrogens (primary N) is 1. The summed E-state index contributed by atoms with van der Waals surface area (Å²) in [4.78, 5) is 14.4. The van der Waals surface area contributed by atoms with Crippen LogP contribution < -0.4 is 11.1 Å². The Labute approximate surface area is 100 Å². The van der Waals surface area contributed by atoms with Gasteiger partial charge in [0.25, 0.3) is 0 Å². The van der Waals surface area contributed by atoms with Crippen LogP contribution in [-0.2, 0) is 11.3 Å². The molecule has 2 rings (SSSR count). The minimum Gasteiger partial charge on any atom is -0.368 e. The van der Waals surface area contributed by atoms with E-state index in [0.717, 1.165) is 11.1 Å². The van der Waals surface area contributed by atoms with Crippen LogP contribution >= 0.6 is 0 Å². The fourth-order valence-electron chi connectivity index (χ4n) is 1.70. The first-order valence-corrected chi connectivity index (χ1v) is 5.60. The molecule has 0 aliphatic heterocycles. The molecule has 0 spiro atoms. The van der Waals surface area contributed by atoms with E-state index in [2.05, 4.69) is 16.4 Å². The van der Waals surface area contributed by atoms with Crippen molar-refractivity contribution in [2.24, 2.45) is 5.73 Å². The second-order valence-electron chi connectivity index (χ2n) is 4.70. The first-order valence-electron chi connectivity index (χ1n) is 5.60. The Balaban J connectivity index is 2.19. The number of primary amides is 1. The van der Waals surface area contributed by atoms with Gasteiger partial charge >= 0.3 is 0 Å². The molecule has 0 atom stereocenters. The van der Waals surface area contributed by atoms with Crippen LogP contribution in [0.4, 0.5) is 0 Å². The highest BCUT2D eigenvalue weighted by Crippen LogP contribution is 2.17. The summed E-state index contributed by atoms with van der Waals surface area (Å²) >= 11 is 0. The Morgan fingerprint density at radius 1 is 1.41 bits per heavy atom. The van der Waals surface area contributed by atoms with Gasteiger partial charge in [-0.2, -0.15) is 0 Å². The van der Waals surface area contributed by atoms with E-state index in [1.54, 1.807) is 13.8 Å². The molecule has 1 heterocycles. The molecule has 0 saturated carbocycles. The molecule has 90 valence electrons. The van der Waals surface area contributed by atoms with E-state index in [1.165, 1.54) is 5.39 Å². The van der Waals surface area contributed by atoms with Crippen LogP contribution in [0.1, 0.15) is 19.4 Å². The minimum absolute atomic E-state index is 0.351. The van der Waals surface area contributed by atoms with E-state index in [0.29, 0.717) is 6.54 Å². The monoisotopic (exact) mass is 231 g/mol. The lowest BCUT2D eigenvalue weighted by atomic mass is 10.0. The summed E-state index contributed by atoms with van der Waals surface area (Å²) in [7, 11) is 0. The van der Waals surface area contributed by atoms with E-state index in [9.17, 15) is 4.79 Å². The fraction of sp³-hybridized carbons (Fsp3) is 0.308. The molecular formula is C13H17N3O. The number of fused-ring (bicyclic) bond motifs is 1. The molecule has 1 amide bonds. The third-order valence-electron chi connectivity index (χ3n) is 3.01. The highest BCUT2D eigenvalue weighted by atomic mass is 16.1. The van der Waals surface area contributed by atoms with E-state index < -0.39 is 5.54 Å². The number of amides is 1. The number of carbonyl (C=O) groups excluding carboxylic acids is 1. The number of rotatable bonds is 4. The van der Waals surface area contributed by atoms with Crippen LogP contribution in [0, 0.1) is 0 Å². The van der Waals surface area contributed by atoms with Crippen molar-refractivity contribution in [3.05, 3.63) is 36.0 Å². The second kappa shape index (κ2) is 4.22. The van der Waals surface area contributed by atoms with Crippen molar-refractivity contribution >= 4 is 16.8 Å². The Kier molecular flexibility index (Phi) is 2.90. The van der Waals surface area contributed by atoms with Gasteiger partial charge in [0.1, 0.15) is 0 Å². The smallest absolute Gasteiger partial charge is 0.237 e. The number of hydrogen-bond donors (Lipinski definition) is 3. The zero-order valence-corrected chi connectivity index (χ0v) is 10.1. The van der Waals surface area contributed by atoms with Crippen molar-refractivity contribution in [1.29, 1.82) is 0 Å². The van der Waals surface area contributed by atoms with Gasteiger partial charge in [-0.25, -0.2) is 0 Å². The molecule has 0 bridgehead atoms. The van der Waals surface area contributed by atoms with E-state index in [1.807, 2.05) is 24.4 Å². The van der Waals surface area contributed by atoms with E-state index >= 15 is 0 Å². The van der Waals surface area contributed by atoms with Gasteiger partial charge in [-0.3, -0.25) is 10.1 Å². The van der Waals surface area contributed by atoms with Crippen molar-refractivity contribution in [1.82, 2.24) is 10.3 Å². The topological polar surface area (TPSA) is 70.9 Å². The largest absolute Gasteiger partial charge is 0.368 e. The van der Waals surface area contributed by atoms with Crippen LogP contribution in [0.3, 0.4) is 0 Å². The number of H-pyrrole nitrogens is 1. The van der Waals surface area contributed by atoms with Gasteiger partial charge in [-0.15, -0.1) is 0 Å². The fourth-order valence-corrected chi connectivity index (χ4v) is 1.70. The minimum atomic E-state index is -0.700. The standard InChI is InChI=1S/C13H17N3O/c1-13(2,12(14)17)16-8-10-5-3-4-9-6-7-15-11(9)10/h3-7,15-16H,8H2,1-2H3,(H2,14,17). The van der Waals surface area contributed by atoms with Crippen LogP contribution in [0.25, 0.3) is 10.9 Å². The Hall–Kier alpha value is -1.81. The number of benzene rings is 1. The Bertz CT molecular complexity index is 542. The third kappa shape index (κ3) is 2.31. The van der Waals surface area contributed by atoms with Gasteiger partial charge < -0.3 is 10.7 Å². The van der Waals surface area contributed by atoms with Crippen LogP contribution in [-0.4, -0.2) is 16.4 Å². The molecule has 17 heavy (non-hydrogen) atoms. The maximum Gasteiger partial charge on any atom is 0.237 e. The molecule has 0 saturated heterocycles. The molecular weight excluding hydrogens is 214 g/mol. The van der Waals surface area contributed by atoms with Crippen molar-refractivity contribution in [3.63, 3.8) is 0 Å². The van der Waals surface area contributed by atoms with Gasteiger partial charge in [0.15, 0.2) is 0 Å². The number of nitrogens with one attached hydrogen (secondary N) is 2. The van der Waals surface area contributed by atoms with E-state index in [-0.39, 0.29) is 5.91 Å². The average molecular weight is 231 g/mol. The van der Waals surface area contributed by atoms with Crippen LogP contribution in [0.15, 0.2) is 30.5 Å². The molecule has 4 heteroatoms. The lowest BCUT2D eigenvalue weighted by Crippen LogP contribution is -2.50. The predicted octanol–water partition coefficient (Wildman–Crippen LogP) is 1.52. The van der Waals surface area contributed by atoms with Crippen molar-refractivity contribution < 1.29 is 4.79 Å². The predicted molar refractivity (Wildman–Crippen MR) is 68.4 cm³/mol.